The average Bonchev–Trinajstić information content (AvgIpc) is 3.55. The highest BCUT2D eigenvalue weighted by Gasteiger charge is 2.23. The van der Waals surface area contributed by atoms with Gasteiger partial charge in [0.25, 0.3) is 0 Å². The lowest BCUT2D eigenvalue weighted by molar-refractivity contribution is 0.0725. The smallest absolute Gasteiger partial charge is 0.343 e. The van der Waals surface area contributed by atoms with E-state index in [2.05, 4.69) is 4.90 Å². The first kappa shape index (κ1) is 34.9. The van der Waals surface area contributed by atoms with Crippen LogP contribution < -0.4 is 14.2 Å². The SMILES string of the molecule is Cc1ccc(C(=O)Oc2ccc(-c3sc4cc(OC(=O)c5ccc(C)cc5)ccc4c3C(=O)c3ccc(OCCN4CCCCC4)cc3)cc2)cc1. The third-order valence-electron chi connectivity index (χ3n) is 9.24. The molecular weight excluding hydrogens is 671 g/mol. The number of aryl methyl sites for hydroxylation is 2. The van der Waals surface area contributed by atoms with E-state index in [1.54, 1.807) is 60.7 Å². The zero-order valence-corrected chi connectivity index (χ0v) is 30.0. The van der Waals surface area contributed by atoms with Crippen LogP contribution in [0.5, 0.6) is 17.2 Å². The van der Waals surface area contributed by atoms with Crippen LogP contribution in [-0.2, 0) is 0 Å². The summed E-state index contributed by atoms with van der Waals surface area (Å²) in [6, 6.07) is 34.2. The molecule has 262 valence electrons. The summed E-state index contributed by atoms with van der Waals surface area (Å²) in [7, 11) is 0. The van der Waals surface area contributed by atoms with E-state index in [1.165, 1.54) is 30.6 Å². The molecule has 1 aromatic heterocycles. The van der Waals surface area contributed by atoms with E-state index in [0.717, 1.165) is 57.0 Å². The molecule has 1 saturated heterocycles. The van der Waals surface area contributed by atoms with Crippen molar-refractivity contribution in [2.75, 3.05) is 26.2 Å². The van der Waals surface area contributed by atoms with E-state index >= 15 is 0 Å². The van der Waals surface area contributed by atoms with Gasteiger partial charge in [-0.1, -0.05) is 41.8 Å². The average molecular weight is 710 g/mol. The van der Waals surface area contributed by atoms with Gasteiger partial charge in [-0.15, -0.1) is 11.3 Å². The van der Waals surface area contributed by atoms with Gasteiger partial charge in [0.1, 0.15) is 23.9 Å². The maximum absolute atomic E-state index is 14.3. The molecule has 1 aliphatic heterocycles. The number of esters is 2. The predicted octanol–water partition coefficient (Wildman–Crippen LogP) is 9.72. The number of rotatable bonds is 11. The van der Waals surface area contributed by atoms with Crippen LogP contribution in [0.15, 0.2) is 115 Å². The van der Waals surface area contributed by atoms with Crippen LogP contribution in [0.3, 0.4) is 0 Å². The number of likely N-dealkylation sites (tertiary alicyclic amines) is 1. The number of fused-ring (bicyclic) bond motifs is 1. The summed E-state index contributed by atoms with van der Waals surface area (Å²) >= 11 is 1.44. The van der Waals surface area contributed by atoms with Crippen molar-refractivity contribution in [3.63, 3.8) is 0 Å². The lowest BCUT2D eigenvalue weighted by Crippen LogP contribution is -2.33. The van der Waals surface area contributed by atoms with Gasteiger partial charge in [0.2, 0.25) is 0 Å². The largest absolute Gasteiger partial charge is 0.492 e. The highest BCUT2D eigenvalue weighted by Crippen LogP contribution is 2.42. The number of thiophene rings is 1. The van der Waals surface area contributed by atoms with Crippen molar-refractivity contribution in [3.8, 4) is 27.7 Å². The number of carbonyl (C=O) groups is 3. The van der Waals surface area contributed by atoms with Gasteiger partial charge in [-0.2, -0.15) is 0 Å². The van der Waals surface area contributed by atoms with Crippen molar-refractivity contribution in [2.45, 2.75) is 33.1 Å². The first-order chi connectivity index (χ1) is 25.3. The van der Waals surface area contributed by atoms with Gasteiger partial charge in [0.15, 0.2) is 5.78 Å². The molecule has 1 fully saturated rings. The topological polar surface area (TPSA) is 82.1 Å². The summed E-state index contributed by atoms with van der Waals surface area (Å²) in [5.41, 5.74) is 4.88. The zero-order chi connectivity index (χ0) is 36.0. The monoisotopic (exact) mass is 709 g/mol. The second-order valence-electron chi connectivity index (χ2n) is 13.1. The molecule has 0 amide bonds. The molecule has 0 atom stereocenters. The molecule has 1 aliphatic rings. The molecule has 0 N–H and O–H groups in total. The van der Waals surface area contributed by atoms with Gasteiger partial charge < -0.3 is 14.2 Å². The van der Waals surface area contributed by atoms with Crippen LogP contribution in [0.4, 0.5) is 0 Å². The van der Waals surface area contributed by atoms with Gasteiger partial charge >= 0.3 is 11.9 Å². The van der Waals surface area contributed by atoms with Crippen molar-refractivity contribution >= 4 is 39.1 Å². The van der Waals surface area contributed by atoms with E-state index in [0.29, 0.717) is 40.4 Å². The minimum Gasteiger partial charge on any atom is -0.492 e. The van der Waals surface area contributed by atoms with Gasteiger partial charge in [0, 0.05) is 32.6 Å². The van der Waals surface area contributed by atoms with Crippen LogP contribution in [0.25, 0.3) is 20.5 Å². The lowest BCUT2D eigenvalue weighted by Gasteiger charge is -2.26. The summed E-state index contributed by atoms with van der Waals surface area (Å²) in [4.78, 5) is 43.2. The summed E-state index contributed by atoms with van der Waals surface area (Å²) in [5.74, 6) is 0.456. The Hall–Kier alpha value is -5.57. The number of nitrogens with zero attached hydrogens (tertiary/aromatic N) is 1. The van der Waals surface area contributed by atoms with E-state index in [9.17, 15) is 14.4 Å². The van der Waals surface area contributed by atoms with Crippen LogP contribution in [0.1, 0.15) is 67.0 Å². The second kappa shape index (κ2) is 15.8. The molecule has 0 bridgehead atoms. The fourth-order valence-electron chi connectivity index (χ4n) is 6.28. The number of carbonyl (C=O) groups excluding carboxylic acids is 3. The van der Waals surface area contributed by atoms with E-state index in [1.807, 2.05) is 68.4 Å². The van der Waals surface area contributed by atoms with E-state index in [-0.39, 0.29) is 5.78 Å². The molecule has 0 saturated carbocycles. The molecule has 5 aromatic carbocycles. The maximum atomic E-state index is 14.3. The first-order valence-electron chi connectivity index (χ1n) is 17.6. The van der Waals surface area contributed by atoms with Crippen molar-refractivity contribution in [1.29, 1.82) is 0 Å². The molecule has 2 heterocycles. The Morgan fingerprint density at radius 2 is 1.15 bits per heavy atom. The third kappa shape index (κ3) is 8.15. The van der Waals surface area contributed by atoms with Crippen molar-refractivity contribution in [1.82, 2.24) is 4.90 Å². The fraction of sp³-hybridized carbons (Fsp3) is 0.205. The molecule has 0 aliphatic carbocycles. The van der Waals surface area contributed by atoms with E-state index in [4.69, 9.17) is 14.2 Å². The van der Waals surface area contributed by atoms with Crippen molar-refractivity contribution in [3.05, 3.63) is 149 Å². The molecule has 6 aromatic rings. The molecule has 8 heteroatoms. The first-order valence-corrected chi connectivity index (χ1v) is 18.4. The highest BCUT2D eigenvalue weighted by molar-refractivity contribution is 7.22. The van der Waals surface area contributed by atoms with Gasteiger partial charge in [0.05, 0.1) is 11.1 Å². The standard InChI is InChI=1S/C44H39NO6S/c1-29-6-10-33(11-7-29)43(47)50-36-20-16-32(17-21-36)42-40(41(46)31-14-18-35(19-15-31)49-27-26-45-24-4-3-5-25-45)38-23-22-37(28-39(38)52-42)51-44(48)34-12-8-30(2)9-13-34/h6-23,28H,3-5,24-27H2,1-2H3. The quantitative estimate of drug-likeness (QED) is 0.0753. The Kier molecular flexibility index (Phi) is 10.6. The number of piperidine rings is 1. The molecule has 7 rings (SSSR count). The third-order valence-corrected chi connectivity index (χ3v) is 10.4. The fourth-order valence-corrected chi connectivity index (χ4v) is 7.51. The molecule has 0 radical (unpaired) electrons. The number of hydrogen-bond acceptors (Lipinski definition) is 8. The number of ketones is 1. The molecule has 52 heavy (non-hydrogen) atoms. The summed E-state index contributed by atoms with van der Waals surface area (Å²) < 4.78 is 18.2. The molecule has 0 unspecified atom stereocenters. The molecular formula is C44H39NO6S. The Balaban J connectivity index is 1.15. The van der Waals surface area contributed by atoms with Gasteiger partial charge in [-0.3, -0.25) is 9.69 Å². The summed E-state index contributed by atoms with van der Waals surface area (Å²) in [6.07, 6.45) is 3.77. The Bertz CT molecular complexity index is 2200. The number of ether oxygens (including phenoxy) is 3. The number of hydrogen-bond donors (Lipinski definition) is 0. The summed E-state index contributed by atoms with van der Waals surface area (Å²) in [6.45, 7) is 7.64. The summed E-state index contributed by atoms with van der Waals surface area (Å²) in [5, 5.41) is 0.747. The maximum Gasteiger partial charge on any atom is 0.343 e. The Labute approximate surface area is 307 Å². The Morgan fingerprint density at radius 1 is 0.615 bits per heavy atom. The van der Waals surface area contributed by atoms with Crippen LogP contribution in [0.2, 0.25) is 0 Å². The Morgan fingerprint density at radius 3 is 1.77 bits per heavy atom. The normalized spacial score (nSPS) is 13.1. The predicted molar refractivity (Wildman–Crippen MR) is 205 cm³/mol. The molecule has 7 nitrogen and oxygen atoms in total. The minimum absolute atomic E-state index is 0.139. The zero-order valence-electron chi connectivity index (χ0n) is 29.2. The van der Waals surface area contributed by atoms with Gasteiger partial charge in [-0.25, -0.2) is 9.59 Å². The second-order valence-corrected chi connectivity index (χ2v) is 14.2. The number of benzene rings is 5. The van der Waals surface area contributed by atoms with Crippen molar-refractivity contribution in [2.24, 2.45) is 0 Å². The minimum atomic E-state index is -0.457. The van der Waals surface area contributed by atoms with Crippen LogP contribution in [0, 0.1) is 13.8 Å². The lowest BCUT2D eigenvalue weighted by atomic mass is 9.97. The van der Waals surface area contributed by atoms with Crippen LogP contribution >= 0.6 is 11.3 Å². The van der Waals surface area contributed by atoms with E-state index < -0.39 is 11.9 Å². The highest BCUT2D eigenvalue weighted by atomic mass is 32.1. The molecule has 0 spiro atoms. The van der Waals surface area contributed by atoms with Crippen molar-refractivity contribution < 1.29 is 28.6 Å². The van der Waals surface area contributed by atoms with Crippen LogP contribution in [-0.4, -0.2) is 48.9 Å². The van der Waals surface area contributed by atoms with Gasteiger partial charge in [-0.05, 0) is 136 Å².